The third kappa shape index (κ3) is 3.32. The second-order valence-electron chi connectivity index (χ2n) is 6.13. The van der Waals surface area contributed by atoms with Gasteiger partial charge in [0.15, 0.2) is 0 Å². The van der Waals surface area contributed by atoms with Gasteiger partial charge in [0.1, 0.15) is 17.9 Å². The lowest BCUT2D eigenvalue weighted by Gasteiger charge is -2.32. The van der Waals surface area contributed by atoms with Gasteiger partial charge in [0.25, 0.3) is 0 Å². The highest BCUT2D eigenvalue weighted by molar-refractivity contribution is 5.97. The van der Waals surface area contributed by atoms with Gasteiger partial charge in [0.2, 0.25) is 11.8 Å². The fraction of sp³-hybridized carbons (Fsp3) is 0.438. The Morgan fingerprint density at radius 2 is 2.21 bits per heavy atom. The summed E-state index contributed by atoms with van der Waals surface area (Å²) < 4.78 is 13.1. The number of hydrogen-bond acceptors (Lipinski definition) is 3. The maximum Gasteiger partial charge on any atom is 0.315 e. The van der Waals surface area contributed by atoms with Crippen LogP contribution in [0.3, 0.4) is 0 Å². The van der Waals surface area contributed by atoms with Gasteiger partial charge in [0.05, 0.1) is 6.04 Å². The minimum atomic E-state index is -0.533. The van der Waals surface area contributed by atoms with Crippen molar-refractivity contribution in [2.75, 3.05) is 6.54 Å². The Kier molecular flexibility index (Phi) is 4.37. The molecule has 1 aromatic carbocycles. The van der Waals surface area contributed by atoms with Crippen molar-refractivity contribution in [3.63, 3.8) is 0 Å². The Labute approximate surface area is 138 Å². The summed E-state index contributed by atoms with van der Waals surface area (Å²) in [6, 6.07) is 4.21. The van der Waals surface area contributed by atoms with Crippen molar-refractivity contribution in [1.29, 1.82) is 0 Å². The summed E-state index contributed by atoms with van der Waals surface area (Å²) in [6.07, 6.45) is 0.387. The summed E-state index contributed by atoms with van der Waals surface area (Å²) >= 11 is 0. The zero-order valence-corrected chi connectivity index (χ0v) is 13.2. The first kappa shape index (κ1) is 16.2. The summed E-state index contributed by atoms with van der Waals surface area (Å²) in [6.45, 7) is 2.15. The average molecular weight is 334 g/mol. The van der Waals surface area contributed by atoms with Crippen LogP contribution in [0.4, 0.5) is 9.18 Å². The molecule has 1 aromatic rings. The quantitative estimate of drug-likeness (QED) is 0.733. The molecule has 0 aliphatic carbocycles. The van der Waals surface area contributed by atoms with Gasteiger partial charge in [-0.2, -0.15) is 0 Å². The maximum absolute atomic E-state index is 13.1. The van der Waals surface area contributed by atoms with Crippen molar-refractivity contribution < 1.29 is 18.8 Å². The summed E-state index contributed by atoms with van der Waals surface area (Å²) in [5.41, 5.74) is 0.650. The standard InChI is InChI=1S/C16H19FN4O3/c1-9-15(23)21-8-12(6-13(21)14(22)19-9)20-16(24)18-7-10-3-2-4-11(17)5-10/h2-5,9,12-13H,6-8H2,1H3,(H,19,22)(H2,18,20,24)/t9-,12+,13+/m1/s1. The molecule has 7 nitrogen and oxygen atoms in total. The third-order valence-corrected chi connectivity index (χ3v) is 4.29. The highest BCUT2D eigenvalue weighted by atomic mass is 19.1. The predicted molar refractivity (Wildman–Crippen MR) is 83.3 cm³/mol. The average Bonchev–Trinajstić information content (AvgIpc) is 2.95. The predicted octanol–water partition coefficient (Wildman–Crippen LogP) is 0.113. The molecule has 0 aromatic heterocycles. The number of hydrogen-bond donors (Lipinski definition) is 3. The summed E-state index contributed by atoms with van der Waals surface area (Å²) in [7, 11) is 0. The van der Waals surface area contributed by atoms with Crippen LogP contribution in [0.1, 0.15) is 18.9 Å². The second-order valence-corrected chi connectivity index (χ2v) is 6.13. The molecule has 0 radical (unpaired) electrons. The molecular formula is C16H19FN4O3. The highest BCUT2D eigenvalue weighted by Crippen LogP contribution is 2.22. The number of nitrogens with zero attached hydrogens (tertiary/aromatic N) is 1. The summed E-state index contributed by atoms with van der Waals surface area (Å²) in [5, 5.41) is 8.04. The van der Waals surface area contributed by atoms with Crippen molar-refractivity contribution >= 4 is 17.8 Å². The Bertz CT molecular complexity index is 681. The van der Waals surface area contributed by atoms with Crippen molar-refractivity contribution in [3.8, 4) is 0 Å². The molecule has 2 fully saturated rings. The summed E-state index contributed by atoms with van der Waals surface area (Å²) in [4.78, 5) is 37.5. The lowest BCUT2D eigenvalue weighted by atomic mass is 10.1. The molecule has 0 saturated carbocycles. The molecule has 2 heterocycles. The van der Waals surface area contributed by atoms with Crippen LogP contribution in [-0.4, -0.2) is 47.4 Å². The second kappa shape index (κ2) is 6.46. The third-order valence-electron chi connectivity index (χ3n) is 4.29. The van der Waals surface area contributed by atoms with Crippen LogP contribution in [0.2, 0.25) is 0 Å². The zero-order chi connectivity index (χ0) is 17.3. The first-order chi connectivity index (χ1) is 11.4. The first-order valence-electron chi connectivity index (χ1n) is 7.83. The largest absolute Gasteiger partial charge is 0.343 e. The van der Waals surface area contributed by atoms with Crippen molar-refractivity contribution in [2.24, 2.45) is 0 Å². The fourth-order valence-electron chi connectivity index (χ4n) is 3.12. The van der Waals surface area contributed by atoms with Crippen molar-refractivity contribution in [1.82, 2.24) is 20.9 Å². The highest BCUT2D eigenvalue weighted by Gasteiger charge is 2.45. The van der Waals surface area contributed by atoms with E-state index in [9.17, 15) is 18.8 Å². The molecule has 3 N–H and O–H groups in total. The Morgan fingerprint density at radius 1 is 1.42 bits per heavy atom. The summed E-state index contributed by atoms with van der Waals surface area (Å²) in [5.74, 6) is -0.684. The maximum atomic E-state index is 13.1. The van der Waals surface area contributed by atoms with Crippen LogP contribution in [-0.2, 0) is 16.1 Å². The number of rotatable bonds is 3. The first-order valence-corrected chi connectivity index (χ1v) is 7.83. The van der Waals surface area contributed by atoms with E-state index >= 15 is 0 Å². The zero-order valence-electron chi connectivity index (χ0n) is 13.2. The SMILES string of the molecule is C[C@H]1NC(=O)[C@@H]2C[C@H](NC(=O)NCc3cccc(F)c3)CN2C1=O. The molecule has 4 amide bonds. The Morgan fingerprint density at radius 3 is 2.96 bits per heavy atom. The van der Waals surface area contributed by atoms with Gasteiger partial charge in [0, 0.05) is 13.1 Å². The number of nitrogens with one attached hydrogen (secondary N) is 3. The van der Waals surface area contributed by atoms with E-state index in [4.69, 9.17) is 0 Å². The van der Waals surface area contributed by atoms with Gasteiger partial charge >= 0.3 is 6.03 Å². The van der Waals surface area contributed by atoms with E-state index in [1.165, 1.54) is 17.0 Å². The molecule has 3 rings (SSSR count). The lowest BCUT2D eigenvalue weighted by molar-refractivity contribution is -0.146. The number of carbonyl (C=O) groups excluding carboxylic acids is 3. The molecule has 2 aliphatic heterocycles. The van der Waals surface area contributed by atoms with Crippen LogP contribution in [0, 0.1) is 5.82 Å². The Hall–Kier alpha value is -2.64. The number of piperazine rings is 1. The molecule has 24 heavy (non-hydrogen) atoms. The number of amides is 4. The van der Waals surface area contributed by atoms with E-state index in [1.54, 1.807) is 19.1 Å². The monoisotopic (exact) mass is 334 g/mol. The molecule has 2 saturated heterocycles. The van der Waals surface area contributed by atoms with E-state index in [0.29, 0.717) is 18.5 Å². The normalized spacial score (nSPS) is 25.9. The number of carbonyl (C=O) groups is 3. The van der Waals surface area contributed by atoms with Crippen molar-refractivity contribution in [2.45, 2.75) is 38.0 Å². The molecule has 8 heteroatoms. The molecule has 0 spiro atoms. The van der Waals surface area contributed by atoms with Gasteiger partial charge in [-0.3, -0.25) is 9.59 Å². The van der Waals surface area contributed by atoms with E-state index in [1.807, 2.05) is 0 Å². The number of fused-ring (bicyclic) bond motifs is 1. The molecule has 0 bridgehead atoms. The van der Waals surface area contributed by atoms with Gasteiger partial charge in [-0.05, 0) is 31.0 Å². The number of halogens is 1. The van der Waals surface area contributed by atoms with Crippen molar-refractivity contribution in [3.05, 3.63) is 35.6 Å². The van der Waals surface area contributed by atoms with Gasteiger partial charge in [-0.15, -0.1) is 0 Å². The van der Waals surface area contributed by atoms with Gasteiger partial charge < -0.3 is 20.9 Å². The molecule has 2 aliphatic rings. The van der Waals surface area contributed by atoms with E-state index in [2.05, 4.69) is 16.0 Å². The van der Waals surface area contributed by atoms with Crippen LogP contribution in [0.25, 0.3) is 0 Å². The van der Waals surface area contributed by atoms with E-state index in [0.717, 1.165) is 0 Å². The fourth-order valence-corrected chi connectivity index (χ4v) is 3.12. The van der Waals surface area contributed by atoms with Crippen LogP contribution in [0.15, 0.2) is 24.3 Å². The topological polar surface area (TPSA) is 90.5 Å². The number of urea groups is 1. The Balaban J connectivity index is 1.52. The molecular weight excluding hydrogens is 315 g/mol. The molecule has 128 valence electrons. The van der Waals surface area contributed by atoms with Gasteiger partial charge in [-0.1, -0.05) is 12.1 Å². The molecule has 3 atom stereocenters. The van der Waals surface area contributed by atoms with Gasteiger partial charge in [-0.25, -0.2) is 9.18 Å². The van der Waals surface area contributed by atoms with Crippen LogP contribution < -0.4 is 16.0 Å². The lowest BCUT2D eigenvalue weighted by Crippen LogP contribution is -2.60. The van der Waals surface area contributed by atoms with Crippen LogP contribution in [0.5, 0.6) is 0 Å². The molecule has 0 unspecified atom stereocenters. The smallest absolute Gasteiger partial charge is 0.315 e. The van der Waals surface area contributed by atoms with Crippen LogP contribution >= 0.6 is 0 Å². The van der Waals surface area contributed by atoms with E-state index < -0.39 is 18.1 Å². The minimum absolute atomic E-state index is 0.135. The van der Waals surface area contributed by atoms with E-state index in [-0.39, 0.29) is 30.2 Å². The minimum Gasteiger partial charge on any atom is -0.343 e. The number of benzene rings is 1.